The molecule has 0 aliphatic carbocycles. The van der Waals surface area contributed by atoms with Gasteiger partial charge >= 0.3 is 0 Å². The molecule has 0 fully saturated rings. The van der Waals surface area contributed by atoms with E-state index >= 15 is 0 Å². The summed E-state index contributed by atoms with van der Waals surface area (Å²) in [6.07, 6.45) is 1.56. The fraction of sp³-hybridized carbons (Fsp3) is 0.121. The van der Waals surface area contributed by atoms with E-state index in [0.29, 0.717) is 39.8 Å². The summed E-state index contributed by atoms with van der Waals surface area (Å²) >= 11 is 1.36. The van der Waals surface area contributed by atoms with Crippen molar-refractivity contribution in [3.8, 4) is 17.2 Å². The van der Waals surface area contributed by atoms with Crippen LogP contribution in [-0.2, 0) is 9.59 Å². The summed E-state index contributed by atoms with van der Waals surface area (Å²) in [5.41, 5.74) is 2.27. The first-order valence-electron chi connectivity index (χ1n) is 13.2. The van der Waals surface area contributed by atoms with Crippen LogP contribution in [0.25, 0.3) is 6.08 Å². The average Bonchev–Trinajstić information content (AvgIpc) is 3.04. The second-order valence-electron chi connectivity index (χ2n) is 9.04. The van der Waals surface area contributed by atoms with Crippen molar-refractivity contribution in [3.05, 3.63) is 114 Å². The summed E-state index contributed by atoms with van der Waals surface area (Å²) in [5.74, 6) is 0.849. The van der Waals surface area contributed by atoms with Gasteiger partial charge in [-0.25, -0.2) is 0 Å². The zero-order chi connectivity index (χ0) is 30.6. The van der Waals surface area contributed by atoms with Crippen LogP contribution in [0.2, 0.25) is 0 Å². The van der Waals surface area contributed by atoms with Gasteiger partial charge in [0.1, 0.15) is 11.4 Å². The third-order valence-corrected chi connectivity index (χ3v) is 7.12. The Hall–Kier alpha value is -5.22. The van der Waals surface area contributed by atoms with E-state index in [1.54, 1.807) is 110 Å². The molecule has 0 spiro atoms. The van der Waals surface area contributed by atoms with E-state index in [4.69, 9.17) is 14.2 Å². The SMILES string of the molecule is COc1ccc(NC(=O)CSc2ccc(NC(=O)/C(=C/c3ccc(OC)c(OC)c3)NC(=O)c3ccccc3)cc2)cc1. The molecule has 4 aromatic rings. The predicted octanol–water partition coefficient (Wildman–Crippen LogP) is 5.85. The average molecular weight is 598 g/mol. The first-order valence-corrected chi connectivity index (χ1v) is 14.2. The molecule has 10 heteroatoms. The molecule has 0 aliphatic rings. The molecule has 0 aromatic heterocycles. The molecule has 0 atom stereocenters. The van der Waals surface area contributed by atoms with E-state index in [-0.39, 0.29) is 17.4 Å². The number of carbonyl (C=O) groups is 3. The smallest absolute Gasteiger partial charge is 0.272 e. The van der Waals surface area contributed by atoms with Gasteiger partial charge in [0, 0.05) is 21.8 Å². The number of benzene rings is 4. The van der Waals surface area contributed by atoms with Crippen molar-refractivity contribution in [2.75, 3.05) is 37.7 Å². The lowest BCUT2D eigenvalue weighted by atomic mass is 10.1. The molecule has 0 aliphatic heterocycles. The highest BCUT2D eigenvalue weighted by molar-refractivity contribution is 8.00. The Morgan fingerprint density at radius 3 is 2.02 bits per heavy atom. The van der Waals surface area contributed by atoms with Crippen molar-refractivity contribution in [3.63, 3.8) is 0 Å². The molecule has 0 saturated carbocycles. The molecule has 0 bridgehead atoms. The van der Waals surface area contributed by atoms with Gasteiger partial charge in [-0.1, -0.05) is 24.3 Å². The van der Waals surface area contributed by atoms with Crippen LogP contribution in [-0.4, -0.2) is 44.8 Å². The standard InChI is InChI=1S/C33H31N3O6S/c1-40-26-14-10-24(11-15-26)34-31(37)21-43-27-16-12-25(13-17-27)35-33(39)28(36-32(38)23-7-5-4-6-8-23)19-22-9-18-29(41-2)30(20-22)42-3/h4-20H,21H2,1-3H3,(H,34,37)(H,35,39)(H,36,38)/b28-19-. The largest absolute Gasteiger partial charge is 0.497 e. The zero-order valence-electron chi connectivity index (χ0n) is 23.9. The molecule has 3 N–H and O–H groups in total. The van der Waals surface area contributed by atoms with E-state index in [2.05, 4.69) is 16.0 Å². The van der Waals surface area contributed by atoms with Gasteiger partial charge in [-0.15, -0.1) is 11.8 Å². The molecule has 3 amide bonds. The number of nitrogens with one attached hydrogen (secondary N) is 3. The van der Waals surface area contributed by atoms with Crippen LogP contribution < -0.4 is 30.2 Å². The van der Waals surface area contributed by atoms with Crippen LogP contribution in [0.1, 0.15) is 15.9 Å². The van der Waals surface area contributed by atoms with E-state index < -0.39 is 11.8 Å². The molecule has 0 saturated heterocycles. The summed E-state index contributed by atoms with van der Waals surface area (Å²) in [4.78, 5) is 39.5. The zero-order valence-corrected chi connectivity index (χ0v) is 24.7. The summed E-state index contributed by atoms with van der Waals surface area (Å²) in [5, 5.41) is 8.39. The Labute approximate surface area is 254 Å². The first kappa shape index (κ1) is 30.7. The molecule has 4 aromatic carbocycles. The Morgan fingerprint density at radius 2 is 1.37 bits per heavy atom. The van der Waals surface area contributed by atoms with Crippen LogP contribution in [0.3, 0.4) is 0 Å². The Bertz CT molecular complexity index is 1590. The van der Waals surface area contributed by atoms with Crippen molar-refractivity contribution < 1.29 is 28.6 Å². The van der Waals surface area contributed by atoms with Gasteiger partial charge in [0.05, 0.1) is 27.1 Å². The molecule has 0 unspecified atom stereocenters. The summed E-state index contributed by atoms with van der Waals surface area (Å²) in [6.45, 7) is 0. The van der Waals surface area contributed by atoms with Gasteiger partial charge in [0.15, 0.2) is 11.5 Å². The molecular formula is C33H31N3O6S. The van der Waals surface area contributed by atoms with E-state index in [0.717, 1.165) is 4.90 Å². The molecular weight excluding hydrogens is 566 g/mol. The minimum absolute atomic E-state index is 0.0368. The van der Waals surface area contributed by atoms with Crippen molar-refractivity contribution in [1.82, 2.24) is 5.32 Å². The normalized spacial score (nSPS) is 10.8. The maximum absolute atomic E-state index is 13.4. The van der Waals surface area contributed by atoms with Gasteiger partial charge in [-0.3, -0.25) is 14.4 Å². The lowest BCUT2D eigenvalue weighted by molar-refractivity contribution is -0.114. The monoisotopic (exact) mass is 597 g/mol. The van der Waals surface area contributed by atoms with E-state index in [1.165, 1.54) is 26.0 Å². The van der Waals surface area contributed by atoms with Crippen molar-refractivity contribution in [1.29, 1.82) is 0 Å². The number of amides is 3. The van der Waals surface area contributed by atoms with Crippen LogP contribution in [0, 0.1) is 0 Å². The number of ether oxygens (including phenoxy) is 3. The van der Waals surface area contributed by atoms with Crippen molar-refractivity contribution >= 4 is 46.9 Å². The first-order chi connectivity index (χ1) is 20.9. The molecule has 0 heterocycles. The summed E-state index contributed by atoms with van der Waals surface area (Å²) in [7, 11) is 4.64. The van der Waals surface area contributed by atoms with E-state index in [1.807, 2.05) is 0 Å². The van der Waals surface area contributed by atoms with Gasteiger partial charge < -0.3 is 30.2 Å². The summed E-state index contributed by atoms with van der Waals surface area (Å²) < 4.78 is 15.8. The topological polar surface area (TPSA) is 115 Å². The van der Waals surface area contributed by atoms with Gasteiger partial charge in [-0.05, 0) is 84.4 Å². The molecule has 43 heavy (non-hydrogen) atoms. The quantitative estimate of drug-likeness (QED) is 0.139. The highest BCUT2D eigenvalue weighted by Crippen LogP contribution is 2.28. The number of hydrogen-bond donors (Lipinski definition) is 3. The fourth-order valence-corrected chi connectivity index (χ4v) is 4.60. The fourth-order valence-electron chi connectivity index (χ4n) is 3.90. The Kier molecular flexibility index (Phi) is 10.8. The molecule has 0 radical (unpaired) electrons. The number of thioether (sulfide) groups is 1. The minimum atomic E-state index is -0.515. The van der Waals surface area contributed by atoms with Crippen LogP contribution >= 0.6 is 11.8 Å². The summed E-state index contributed by atoms with van der Waals surface area (Å²) in [6, 6.07) is 28.0. The van der Waals surface area contributed by atoms with Crippen LogP contribution in [0.15, 0.2) is 108 Å². The number of hydrogen-bond acceptors (Lipinski definition) is 7. The van der Waals surface area contributed by atoms with Crippen LogP contribution in [0.4, 0.5) is 11.4 Å². The molecule has 9 nitrogen and oxygen atoms in total. The van der Waals surface area contributed by atoms with Crippen molar-refractivity contribution in [2.45, 2.75) is 4.90 Å². The Morgan fingerprint density at radius 1 is 0.721 bits per heavy atom. The maximum Gasteiger partial charge on any atom is 0.272 e. The van der Waals surface area contributed by atoms with Gasteiger partial charge in [0.25, 0.3) is 11.8 Å². The number of rotatable bonds is 12. The number of carbonyl (C=O) groups excluding carboxylic acids is 3. The van der Waals surface area contributed by atoms with E-state index in [9.17, 15) is 14.4 Å². The second-order valence-corrected chi connectivity index (χ2v) is 10.1. The number of methoxy groups -OCH3 is 3. The second kappa shape index (κ2) is 15.1. The molecule has 220 valence electrons. The van der Waals surface area contributed by atoms with Crippen LogP contribution in [0.5, 0.6) is 17.2 Å². The minimum Gasteiger partial charge on any atom is -0.497 e. The predicted molar refractivity (Wildman–Crippen MR) is 169 cm³/mol. The lowest BCUT2D eigenvalue weighted by Crippen LogP contribution is -2.30. The lowest BCUT2D eigenvalue weighted by Gasteiger charge is -2.13. The highest BCUT2D eigenvalue weighted by atomic mass is 32.2. The van der Waals surface area contributed by atoms with Gasteiger partial charge in [-0.2, -0.15) is 0 Å². The maximum atomic E-state index is 13.4. The Balaban J connectivity index is 1.43. The van der Waals surface area contributed by atoms with Crippen molar-refractivity contribution in [2.24, 2.45) is 0 Å². The third kappa shape index (κ3) is 8.88. The highest BCUT2D eigenvalue weighted by Gasteiger charge is 2.16. The number of anilines is 2. The molecule has 4 rings (SSSR count). The third-order valence-electron chi connectivity index (χ3n) is 6.10. The van der Waals surface area contributed by atoms with Gasteiger partial charge in [0.2, 0.25) is 5.91 Å².